The van der Waals surface area contributed by atoms with Gasteiger partial charge in [0.1, 0.15) is 0 Å². The predicted molar refractivity (Wildman–Crippen MR) is 121 cm³/mol. The van der Waals surface area contributed by atoms with E-state index in [0.29, 0.717) is 19.1 Å². The van der Waals surface area contributed by atoms with Gasteiger partial charge in [-0.05, 0) is 61.4 Å². The third-order valence-electron chi connectivity index (χ3n) is 5.65. The SMILES string of the molecule is CCNC(=NCc1ccc(N2CCC(CO)CC2)cc1)NCc1ccccc1C. The fourth-order valence-electron chi connectivity index (χ4n) is 3.69. The van der Waals surface area contributed by atoms with E-state index in [9.17, 15) is 5.11 Å². The summed E-state index contributed by atoms with van der Waals surface area (Å²) < 4.78 is 0. The first-order chi connectivity index (χ1) is 14.2. The zero-order chi connectivity index (χ0) is 20.5. The van der Waals surface area contributed by atoms with E-state index in [4.69, 9.17) is 4.99 Å². The Hall–Kier alpha value is -2.53. The topological polar surface area (TPSA) is 59.9 Å². The van der Waals surface area contributed by atoms with Crippen LogP contribution in [-0.2, 0) is 13.1 Å². The van der Waals surface area contributed by atoms with Crippen molar-refractivity contribution in [1.82, 2.24) is 10.6 Å². The minimum absolute atomic E-state index is 0.316. The number of benzene rings is 2. The number of nitrogens with zero attached hydrogens (tertiary/aromatic N) is 2. The highest BCUT2D eigenvalue weighted by molar-refractivity contribution is 5.79. The molecule has 156 valence electrons. The summed E-state index contributed by atoms with van der Waals surface area (Å²) in [6.07, 6.45) is 2.14. The lowest BCUT2D eigenvalue weighted by Crippen LogP contribution is -2.36. The molecule has 1 aliphatic heterocycles. The summed E-state index contributed by atoms with van der Waals surface area (Å²) in [4.78, 5) is 7.15. The van der Waals surface area contributed by atoms with Gasteiger partial charge in [-0.15, -0.1) is 0 Å². The van der Waals surface area contributed by atoms with Crippen LogP contribution in [0.1, 0.15) is 36.5 Å². The minimum Gasteiger partial charge on any atom is -0.396 e. The fourth-order valence-corrected chi connectivity index (χ4v) is 3.69. The van der Waals surface area contributed by atoms with Crippen LogP contribution in [0.3, 0.4) is 0 Å². The third kappa shape index (κ3) is 6.23. The fraction of sp³-hybridized carbons (Fsp3) is 0.458. The van der Waals surface area contributed by atoms with Crippen molar-refractivity contribution in [2.24, 2.45) is 10.9 Å². The van der Waals surface area contributed by atoms with Gasteiger partial charge in [0, 0.05) is 38.5 Å². The van der Waals surface area contributed by atoms with Crippen molar-refractivity contribution in [3.05, 3.63) is 65.2 Å². The lowest BCUT2D eigenvalue weighted by Gasteiger charge is -2.32. The molecule has 1 heterocycles. The van der Waals surface area contributed by atoms with Crippen molar-refractivity contribution in [2.45, 2.75) is 39.8 Å². The molecule has 0 unspecified atom stereocenters. The molecule has 5 heteroatoms. The number of aliphatic imine (C=N–C) groups is 1. The van der Waals surface area contributed by atoms with Crippen molar-refractivity contribution < 1.29 is 5.11 Å². The number of guanidine groups is 1. The highest BCUT2D eigenvalue weighted by Gasteiger charge is 2.18. The Kier molecular flexibility index (Phi) is 7.94. The second-order valence-electron chi connectivity index (χ2n) is 7.75. The van der Waals surface area contributed by atoms with Gasteiger partial charge in [-0.3, -0.25) is 0 Å². The van der Waals surface area contributed by atoms with Crippen LogP contribution in [0.2, 0.25) is 0 Å². The maximum atomic E-state index is 9.30. The molecule has 0 radical (unpaired) electrons. The van der Waals surface area contributed by atoms with Crippen LogP contribution in [0.4, 0.5) is 5.69 Å². The molecule has 0 aliphatic carbocycles. The number of rotatable bonds is 7. The zero-order valence-electron chi connectivity index (χ0n) is 17.7. The molecule has 0 saturated carbocycles. The van der Waals surface area contributed by atoms with E-state index in [-0.39, 0.29) is 0 Å². The molecule has 0 bridgehead atoms. The molecule has 1 aliphatic rings. The lowest BCUT2D eigenvalue weighted by atomic mass is 9.97. The summed E-state index contributed by atoms with van der Waals surface area (Å²) in [6.45, 7) is 8.83. The first-order valence-electron chi connectivity index (χ1n) is 10.7. The molecule has 3 rings (SSSR count). The van der Waals surface area contributed by atoms with Gasteiger partial charge in [0.2, 0.25) is 0 Å². The van der Waals surface area contributed by atoms with E-state index < -0.39 is 0 Å². The normalized spacial score (nSPS) is 15.4. The molecular formula is C24H34N4O. The number of hydrogen-bond acceptors (Lipinski definition) is 3. The van der Waals surface area contributed by atoms with Gasteiger partial charge in [-0.1, -0.05) is 36.4 Å². The summed E-state index contributed by atoms with van der Waals surface area (Å²) in [5.41, 5.74) is 5.03. The van der Waals surface area contributed by atoms with Crippen LogP contribution < -0.4 is 15.5 Å². The Morgan fingerprint density at radius 1 is 1.07 bits per heavy atom. The average Bonchev–Trinajstić information content (AvgIpc) is 2.77. The molecule has 3 N–H and O–H groups in total. The standard InChI is InChI=1S/C24H34N4O/c1-3-25-24(27-17-22-7-5-4-6-19(22)2)26-16-20-8-10-23(11-9-20)28-14-12-21(18-29)13-15-28/h4-11,21,29H,3,12-18H2,1-2H3,(H2,25,26,27). The Balaban J connectivity index is 1.55. The molecule has 0 aromatic heterocycles. The Morgan fingerprint density at radius 2 is 1.79 bits per heavy atom. The summed E-state index contributed by atoms with van der Waals surface area (Å²) in [5.74, 6) is 1.31. The van der Waals surface area contributed by atoms with E-state index in [1.807, 2.05) is 0 Å². The molecule has 29 heavy (non-hydrogen) atoms. The van der Waals surface area contributed by atoms with Crippen LogP contribution in [0.25, 0.3) is 0 Å². The Bertz CT molecular complexity index is 780. The highest BCUT2D eigenvalue weighted by atomic mass is 16.3. The molecule has 2 aromatic carbocycles. The van der Waals surface area contributed by atoms with Crippen LogP contribution in [0, 0.1) is 12.8 Å². The number of hydrogen-bond donors (Lipinski definition) is 3. The Labute approximate surface area is 174 Å². The Morgan fingerprint density at radius 3 is 2.45 bits per heavy atom. The van der Waals surface area contributed by atoms with Gasteiger partial charge in [-0.25, -0.2) is 4.99 Å². The van der Waals surface area contributed by atoms with Crippen molar-refractivity contribution in [2.75, 3.05) is 31.1 Å². The molecule has 1 saturated heterocycles. The predicted octanol–water partition coefficient (Wildman–Crippen LogP) is 3.46. The first-order valence-corrected chi connectivity index (χ1v) is 10.7. The minimum atomic E-state index is 0.316. The molecule has 0 spiro atoms. The summed E-state index contributed by atoms with van der Waals surface area (Å²) in [7, 11) is 0. The summed E-state index contributed by atoms with van der Waals surface area (Å²) >= 11 is 0. The van der Waals surface area contributed by atoms with Crippen LogP contribution in [0.15, 0.2) is 53.5 Å². The second-order valence-corrected chi connectivity index (χ2v) is 7.75. The molecule has 2 aromatic rings. The third-order valence-corrected chi connectivity index (χ3v) is 5.65. The van der Waals surface area contributed by atoms with E-state index in [1.165, 1.54) is 22.4 Å². The number of aryl methyl sites for hydroxylation is 1. The summed E-state index contributed by atoms with van der Waals surface area (Å²) in [6, 6.07) is 17.1. The maximum Gasteiger partial charge on any atom is 0.191 e. The second kappa shape index (κ2) is 10.9. The van der Waals surface area contributed by atoms with Crippen molar-refractivity contribution >= 4 is 11.6 Å². The van der Waals surface area contributed by atoms with Crippen molar-refractivity contribution in [3.63, 3.8) is 0 Å². The van der Waals surface area contributed by atoms with E-state index in [0.717, 1.165) is 45.0 Å². The molecular weight excluding hydrogens is 360 g/mol. The number of aliphatic hydroxyl groups excluding tert-OH is 1. The molecule has 0 atom stereocenters. The molecule has 5 nitrogen and oxygen atoms in total. The largest absolute Gasteiger partial charge is 0.396 e. The number of aliphatic hydroxyl groups is 1. The molecule has 0 amide bonds. The van der Waals surface area contributed by atoms with Crippen molar-refractivity contribution in [1.29, 1.82) is 0 Å². The highest BCUT2D eigenvalue weighted by Crippen LogP contribution is 2.23. The van der Waals surface area contributed by atoms with E-state index >= 15 is 0 Å². The van der Waals surface area contributed by atoms with Gasteiger partial charge in [-0.2, -0.15) is 0 Å². The van der Waals surface area contributed by atoms with Gasteiger partial charge in [0.15, 0.2) is 5.96 Å². The first kappa shape index (κ1) is 21.2. The van der Waals surface area contributed by atoms with E-state index in [1.54, 1.807) is 0 Å². The maximum absolute atomic E-state index is 9.30. The average molecular weight is 395 g/mol. The van der Waals surface area contributed by atoms with Crippen LogP contribution in [0.5, 0.6) is 0 Å². The van der Waals surface area contributed by atoms with Gasteiger partial charge in [0.25, 0.3) is 0 Å². The smallest absolute Gasteiger partial charge is 0.191 e. The summed E-state index contributed by atoms with van der Waals surface area (Å²) in [5, 5.41) is 16.1. The lowest BCUT2D eigenvalue weighted by molar-refractivity contribution is 0.203. The van der Waals surface area contributed by atoms with Gasteiger partial charge < -0.3 is 20.6 Å². The number of piperidine rings is 1. The zero-order valence-corrected chi connectivity index (χ0v) is 17.7. The quantitative estimate of drug-likeness (QED) is 0.497. The van der Waals surface area contributed by atoms with Crippen LogP contribution in [-0.4, -0.2) is 37.3 Å². The monoisotopic (exact) mass is 394 g/mol. The van der Waals surface area contributed by atoms with Gasteiger partial charge in [0.05, 0.1) is 6.54 Å². The van der Waals surface area contributed by atoms with Crippen LogP contribution >= 0.6 is 0 Å². The van der Waals surface area contributed by atoms with Gasteiger partial charge >= 0.3 is 0 Å². The van der Waals surface area contributed by atoms with E-state index in [2.05, 4.69) is 77.9 Å². The number of nitrogens with one attached hydrogen (secondary N) is 2. The number of anilines is 1. The van der Waals surface area contributed by atoms with Crippen molar-refractivity contribution in [3.8, 4) is 0 Å². The molecule has 1 fully saturated rings.